The quantitative estimate of drug-likeness (QED) is 0.669. The summed E-state index contributed by atoms with van der Waals surface area (Å²) in [4.78, 5) is 0. The van der Waals surface area contributed by atoms with Gasteiger partial charge in [0.2, 0.25) is 0 Å². The predicted octanol–water partition coefficient (Wildman–Crippen LogP) is 2.41. The average Bonchev–Trinajstić information content (AvgIpc) is 2.05. The molecule has 0 bridgehead atoms. The SMILES string of the molecule is CNC(C)(C)C1C=CC(F)=CC1. The van der Waals surface area contributed by atoms with Crippen LogP contribution in [0.25, 0.3) is 0 Å². The monoisotopic (exact) mass is 169 g/mol. The van der Waals surface area contributed by atoms with Crippen LogP contribution in [0.15, 0.2) is 24.1 Å². The maximum Gasteiger partial charge on any atom is 0.118 e. The molecule has 1 unspecified atom stereocenters. The summed E-state index contributed by atoms with van der Waals surface area (Å²) in [5.74, 6) is 0.278. The first-order chi connectivity index (χ1) is 5.56. The fraction of sp³-hybridized carbons (Fsp3) is 0.600. The standard InChI is InChI=1S/C10H16FN/c1-10(2,12-3)8-4-6-9(11)7-5-8/h4,6-8,12H,5H2,1-3H3. The summed E-state index contributed by atoms with van der Waals surface area (Å²) in [5.41, 5.74) is 0.0493. The van der Waals surface area contributed by atoms with Crippen molar-refractivity contribution >= 4 is 0 Å². The van der Waals surface area contributed by atoms with Gasteiger partial charge in [-0.05, 0) is 45.4 Å². The molecule has 0 aromatic rings. The summed E-state index contributed by atoms with van der Waals surface area (Å²) in [7, 11) is 1.93. The summed E-state index contributed by atoms with van der Waals surface area (Å²) in [6.07, 6.45) is 5.92. The number of hydrogen-bond donors (Lipinski definition) is 1. The normalized spacial score (nSPS) is 24.0. The smallest absolute Gasteiger partial charge is 0.118 e. The van der Waals surface area contributed by atoms with Gasteiger partial charge in [0.25, 0.3) is 0 Å². The van der Waals surface area contributed by atoms with Crippen molar-refractivity contribution in [2.75, 3.05) is 7.05 Å². The molecule has 0 heterocycles. The highest BCUT2D eigenvalue weighted by Crippen LogP contribution is 2.26. The Kier molecular flexibility index (Phi) is 2.68. The van der Waals surface area contributed by atoms with Gasteiger partial charge in [0, 0.05) is 5.54 Å². The van der Waals surface area contributed by atoms with E-state index >= 15 is 0 Å². The summed E-state index contributed by atoms with van der Waals surface area (Å²) in [5, 5.41) is 3.22. The molecule has 0 spiro atoms. The largest absolute Gasteiger partial charge is 0.314 e. The molecule has 12 heavy (non-hydrogen) atoms. The summed E-state index contributed by atoms with van der Waals surface area (Å²) in [6, 6.07) is 0. The predicted molar refractivity (Wildman–Crippen MR) is 49.6 cm³/mol. The van der Waals surface area contributed by atoms with E-state index in [9.17, 15) is 4.39 Å². The Morgan fingerprint density at radius 2 is 2.25 bits per heavy atom. The van der Waals surface area contributed by atoms with Gasteiger partial charge < -0.3 is 5.32 Å². The van der Waals surface area contributed by atoms with E-state index in [0.717, 1.165) is 6.42 Å². The van der Waals surface area contributed by atoms with E-state index in [-0.39, 0.29) is 11.4 Å². The van der Waals surface area contributed by atoms with E-state index in [1.54, 1.807) is 12.2 Å². The van der Waals surface area contributed by atoms with Crippen LogP contribution in [0.4, 0.5) is 4.39 Å². The third kappa shape index (κ3) is 1.95. The number of nitrogens with one attached hydrogen (secondary N) is 1. The Morgan fingerprint density at radius 1 is 1.58 bits per heavy atom. The molecule has 0 saturated heterocycles. The second-order valence-corrected chi connectivity index (χ2v) is 3.76. The second kappa shape index (κ2) is 3.40. The molecule has 0 amide bonds. The molecule has 1 N–H and O–H groups in total. The molecule has 0 aromatic heterocycles. The number of halogens is 1. The second-order valence-electron chi connectivity index (χ2n) is 3.76. The van der Waals surface area contributed by atoms with Crippen molar-refractivity contribution in [3.8, 4) is 0 Å². The van der Waals surface area contributed by atoms with Gasteiger partial charge >= 0.3 is 0 Å². The first kappa shape index (κ1) is 9.46. The van der Waals surface area contributed by atoms with E-state index < -0.39 is 0 Å². The highest BCUT2D eigenvalue weighted by molar-refractivity contribution is 5.19. The lowest BCUT2D eigenvalue weighted by molar-refractivity contribution is 0.316. The lowest BCUT2D eigenvalue weighted by Crippen LogP contribution is -2.43. The zero-order valence-electron chi connectivity index (χ0n) is 7.89. The fourth-order valence-corrected chi connectivity index (χ4v) is 1.31. The molecule has 0 radical (unpaired) electrons. The fourth-order valence-electron chi connectivity index (χ4n) is 1.31. The van der Waals surface area contributed by atoms with E-state index in [1.165, 1.54) is 0 Å². The molecular formula is C10H16FN. The summed E-state index contributed by atoms with van der Waals surface area (Å²) < 4.78 is 12.6. The van der Waals surface area contributed by atoms with Crippen LogP contribution in [-0.4, -0.2) is 12.6 Å². The van der Waals surface area contributed by atoms with Crippen molar-refractivity contribution in [2.45, 2.75) is 25.8 Å². The Hall–Kier alpha value is -0.630. The van der Waals surface area contributed by atoms with Crippen molar-refractivity contribution < 1.29 is 4.39 Å². The molecule has 2 heteroatoms. The Morgan fingerprint density at radius 3 is 2.67 bits per heavy atom. The van der Waals surface area contributed by atoms with E-state index in [0.29, 0.717) is 5.92 Å². The summed E-state index contributed by atoms with van der Waals surface area (Å²) >= 11 is 0. The summed E-state index contributed by atoms with van der Waals surface area (Å²) in [6.45, 7) is 4.25. The van der Waals surface area contributed by atoms with Gasteiger partial charge in [-0.1, -0.05) is 6.08 Å². The third-order valence-corrected chi connectivity index (χ3v) is 2.63. The van der Waals surface area contributed by atoms with Crippen molar-refractivity contribution in [2.24, 2.45) is 5.92 Å². The van der Waals surface area contributed by atoms with Crippen LogP contribution < -0.4 is 5.32 Å². The van der Waals surface area contributed by atoms with E-state index in [2.05, 4.69) is 19.2 Å². The van der Waals surface area contributed by atoms with E-state index in [1.807, 2.05) is 13.1 Å². The van der Waals surface area contributed by atoms with Crippen LogP contribution in [0, 0.1) is 5.92 Å². The van der Waals surface area contributed by atoms with Crippen LogP contribution in [0.3, 0.4) is 0 Å². The van der Waals surface area contributed by atoms with Gasteiger partial charge in [0.15, 0.2) is 0 Å². The van der Waals surface area contributed by atoms with Gasteiger partial charge in [0.1, 0.15) is 5.83 Å². The molecule has 1 aliphatic carbocycles. The lowest BCUT2D eigenvalue weighted by atomic mass is 9.83. The first-order valence-electron chi connectivity index (χ1n) is 4.29. The molecule has 0 saturated carbocycles. The molecular weight excluding hydrogens is 153 g/mol. The molecule has 1 atom stereocenters. The zero-order chi connectivity index (χ0) is 9.19. The molecule has 0 fully saturated rings. The van der Waals surface area contributed by atoms with Crippen molar-refractivity contribution in [3.05, 3.63) is 24.1 Å². The Balaban J connectivity index is 2.64. The third-order valence-electron chi connectivity index (χ3n) is 2.63. The van der Waals surface area contributed by atoms with Gasteiger partial charge in [-0.2, -0.15) is 0 Å². The van der Waals surface area contributed by atoms with Crippen LogP contribution in [-0.2, 0) is 0 Å². The minimum Gasteiger partial charge on any atom is -0.314 e. The van der Waals surface area contributed by atoms with Crippen molar-refractivity contribution in [1.29, 1.82) is 0 Å². The maximum atomic E-state index is 12.6. The van der Waals surface area contributed by atoms with Crippen LogP contribution >= 0.6 is 0 Å². The molecule has 68 valence electrons. The van der Waals surface area contributed by atoms with Crippen molar-refractivity contribution in [3.63, 3.8) is 0 Å². The molecule has 0 aromatic carbocycles. The lowest BCUT2D eigenvalue weighted by Gasteiger charge is -2.32. The molecule has 0 aliphatic heterocycles. The number of hydrogen-bond acceptors (Lipinski definition) is 1. The first-order valence-corrected chi connectivity index (χ1v) is 4.29. The minimum atomic E-state index is -0.113. The van der Waals surface area contributed by atoms with Gasteiger partial charge in [0.05, 0.1) is 0 Å². The molecule has 1 aliphatic rings. The highest BCUT2D eigenvalue weighted by Gasteiger charge is 2.25. The van der Waals surface area contributed by atoms with Crippen LogP contribution in [0.1, 0.15) is 20.3 Å². The van der Waals surface area contributed by atoms with Gasteiger partial charge in [-0.3, -0.25) is 0 Å². The number of allylic oxidation sites excluding steroid dienone is 3. The molecule has 1 nitrogen and oxygen atoms in total. The Labute approximate surface area is 73.4 Å². The highest BCUT2D eigenvalue weighted by atomic mass is 19.1. The minimum absolute atomic E-state index is 0.0493. The molecule has 1 rings (SSSR count). The topological polar surface area (TPSA) is 12.0 Å². The maximum absolute atomic E-state index is 12.6. The van der Waals surface area contributed by atoms with Crippen molar-refractivity contribution in [1.82, 2.24) is 5.32 Å². The Bertz CT molecular complexity index is 216. The number of rotatable bonds is 2. The van der Waals surface area contributed by atoms with Crippen LogP contribution in [0.5, 0.6) is 0 Å². The van der Waals surface area contributed by atoms with Gasteiger partial charge in [-0.15, -0.1) is 0 Å². The zero-order valence-corrected chi connectivity index (χ0v) is 7.89. The average molecular weight is 169 g/mol. The van der Waals surface area contributed by atoms with Gasteiger partial charge in [-0.25, -0.2) is 4.39 Å². The van der Waals surface area contributed by atoms with E-state index in [4.69, 9.17) is 0 Å². The van der Waals surface area contributed by atoms with Crippen LogP contribution in [0.2, 0.25) is 0 Å².